The van der Waals surface area contributed by atoms with Crippen molar-refractivity contribution in [1.29, 1.82) is 0 Å². The molecule has 5 nitrogen and oxygen atoms in total. The third-order valence-electron chi connectivity index (χ3n) is 5.07. The molecule has 1 aliphatic rings. The highest BCUT2D eigenvalue weighted by molar-refractivity contribution is 5.86. The van der Waals surface area contributed by atoms with Gasteiger partial charge in [0.25, 0.3) is 0 Å². The van der Waals surface area contributed by atoms with Crippen LogP contribution in [0.25, 0.3) is 21.8 Å². The average Bonchev–Trinajstić information content (AvgIpc) is 3.03. The molecule has 0 fully saturated rings. The minimum Gasteiger partial charge on any atom is -0.486 e. The topological polar surface area (TPSA) is 62.3 Å². The van der Waals surface area contributed by atoms with Crippen LogP contribution in [-0.4, -0.2) is 29.3 Å². The highest BCUT2D eigenvalue weighted by Crippen LogP contribution is 2.35. The lowest BCUT2D eigenvalue weighted by atomic mass is 10.0. The molecule has 0 radical (unpaired) electrons. The van der Waals surface area contributed by atoms with Crippen LogP contribution in [0, 0.1) is 0 Å². The van der Waals surface area contributed by atoms with Gasteiger partial charge in [-0.25, -0.2) is 4.98 Å². The maximum absolute atomic E-state index is 5.85. The van der Waals surface area contributed by atoms with E-state index in [0.29, 0.717) is 19.8 Å². The monoisotopic (exact) mass is 359 g/mol. The molecule has 3 aromatic carbocycles. The van der Waals surface area contributed by atoms with E-state index in [1.54, 1.807) is 0 Å². The van der Waals surface area contributed by atoms with Gasteiger partial charge in [0.1, 0.15) is 19.0 Å². The summed E-state index contributed by atoms with van der Waals surface area (Å²) in [6.45, 7) is 2.45. The minimum atomic E-state index is 0.561. The molecule has 0 atom stereocenters. The van der Waals surface area contributed by atoms with Crippen molar-refractivity contribution in [2.45, 2.75) is 13.0 Å². The van der Waals surface area contributed by atoms with Gasteiger partial charge in [-0.05, 0) is 22.9 Å². The number of benzene rings is 3. The van der Waals surface area contributed by atoms with Gasteiger partial charge >= 0.3 is 0 Å². The Balaban J connectivity index is 1.67. The van der Waals surface area contributed by atoms with Crippen LogP contribution in [0.15, 0.2) is 54.6 Å². The molecule has 136 valence electrons. The van der Waals surface area contributed by atoms with Gasteiger partial charge in [-0.3, -0.25) is 0 Å². The summed E-state index contributed by atoms with van der Waals surface area (Å²) >= 11 is 0. The van der Waals surface area contributed by atoms with Gasteiger partial charge in [0.2, 0.25) is 0 Å². The Morgan fingerprint density at radius 3 is 2.59 bits per heavy atom. The molecule has 0 bridgehead atoms. The number of nitrogens with zero attached hydrogens (tertiary/aromatic N) is 2. The number of ether oxygens (including phenoxy) is 2. The summed E-state index contributed by atoms with van der Waals surface area (Å²) in [6.07, 6.45) is 0.728. The molecule has 5 heteroatoms. The molecule has 0 amide bonds. The maximum Gasteiger partial charge on any atom is 0.163 e. The van der Waals surface area contributed by atoms with Gasteiger partial charge in [-0.15, -0.1) is 0 Å². The van der Waals surface area contributed by atoms with Crippen molar-refractivity contribution < 1.29 is 9.47 Å². The van der Waals surface area contributed by atoms with Crippen molar-refractivity contribution in [2.24, 2.45) is 5.73 Å². The standard InChI is InChI=1S/C22H21N3O2/c23-9-8-22-24-18-12-20-21(27-11-10-26-20)13-19(18)25(22)14-16-6-3-5-15-4-1-2-7-17(15)16/h1-7,12-13H,8-11,14,23H2. The van der Waals surface area contributed by atoms with Crippen molar-refractivity contribution in [3.63, 3.8) is 0 Å². The Morgan fingerprint density at radius 1 is 0.963 bits per heavy atom. The zero-order valence-corrected chi connectivity index (χ0v) is 15.0. The number of imidazole rings is 1. The molecular weight excluding hydrogens is 338 g/mol. The summed E-state index contributed by atoms with van der Waals surface area (Å²) in [5.41, 5.74) is 9.09. The molecule has 0 aliphatic carbocycles. The molecule has 0 saturated heterocycles. The fourth-order valence-corrected chi connectivity index (χ4v) is 3.81. The molecular formula is C22H21N3O2. The van der Waals surface area contributed by atoms with Crippen molar-refractivity contribution >= 4 is 21.8 Å². The molecule has 27 heavy (non-hydrogen) atoms. The SMILES string of the molecule is NCCc1nc2cc3c(cc2n1Cc1cccc2ccccc12)OCCO3. The van der Waals surface area contributed by atoms with E-state index in [0.717, 1.165) is 41.3 Å². The molecule has 1 aromatic heterocycles. The van der Waals surface area contributed by atoms with Crippen LogP contribution in [0.1, 0.15) is 11.4 Å². The zero-order chi connectivity index (χ0) is 18.2. The van der Waals surface area contributed by atoms with Gasteiger partial charge in [0, 0.05) is 25.1 Å². The fourth-order valence-electron chi connectivity index (χ4n) is 3.81. The first-order valence-corrected chi connectivity index (χ1v) is 9.29. The number of rotatable bonds is 4. The molecule has 0 spiro atoms. The second-order valence-corrected chi connectivity index (χ2v) is 6.78. The van der Waals surface area contributed by atoms with Gasteiger partial charge in [-0.1, -0.05) is 42.5 Å². The number of aromatic nitrogens is 2. The first kappa shape index (κ1) is 16.1. The third-order valence-corrected chi connectivity index (χ3v) is 5.07. The summed E-state index contributed by atoms with van der Waals surface area (Å²) < 4.78 is 13.8. The van der Waals surface area contributed by atoms with E-state index in [2.05, 4.69) is 47.0 Å². The minimum absolute atomic E-state index is 0.561. The summed E-state index contributed by atoms with van der Waals surface area (Å²) in [4.78, 5) is 4.83. The van der Waals surface area contributed by atoms with Crippen LogP contribution < -0.4 is 15.2 Å². The molecule has 4 aromatic rings. The van der Waals surface area contributed by atoms with Crippen LogP contribution in [-0.2, 0) is 13.0 Å². The molecule has 0 saturated carbocycles. The zero-order valence-electron chi connectivity index (χ0n) is 15.0. The summed E-state index contributed by atoms with van der Waals surface area (Å²) in [6, 6.07) is 18.9. The normalized spacial score (nSPS) is 13.4. The predicted molar refractivity (Wildman–Crippen MR) is 107 cm³/mol. The van der Waals surface area contributed by atoms with Gasteiger partial charge in [0.05, 0.1) is 11.0 Å². The smallest absolute Gasteiger partial charge is 0.163 e. The van der Waals surface area contributed by atoms with Crippen LogP contribution >= 0.6 is 0 Å². The average molecular weight is 359 g/mol. The molecule has 1 aliphatic heterocycles. The van der Waals surface area contributed by atoms with Crippen molar-refractivity contribution in [3.05, 3.63) is 66.0 Å². The Bertz CT molecular complexity index is 1130. The maximum atomic E-state index is 5.85. The quantitative estimate of drug-likeness (QED) is 0.606. The fraction of sp³-hybridized carbons (Fsp3) is 0.227. The van der Waals surface area contributed by atoms with E-state index in [1.165, 1.54) is 16.3 Å². The lowest BCUT2D eigenvalue weighted by Crippen LogP contribution is -2.15. The first-order chi connectivity index (χ1) is 13.3. The van der Waals surface area contributed by atoms with E-state index in [9.17, 15) is 0 Å². The summed E-state index contributed by atoms with van der Waals surface area (Å²) in [5, 5.41) is 2.51. The second kappa shape index (κ2) is 6.59. The van der Waals surface area contributed by atoms with E-state index < -0.39 is 0 Å². The highest BCUT2D eigenvalue weighted by Gasteiger charge is 2.18. The molecule has 0 unspecified atom stereocenters. The van der Waals surface area contributed by atoms with Crippen molar-refractivity contribution in [1.82, 2.24) is 9.55 Å². The predicted octanol–water partition coefficient (Wildman–Crippen LogP) is 3.51. The highest BCUT2D eigenvalue weighted by atomic mass is 16.6. The lowest BCUT2D eigenvalue weighted by molar-refractivity contribution is 0.172. The van der Waals surface area contributed by atoms with E-state index >= 15 is 0 Å². The molecule has 5 rings (SSSR count). The van der Waals surface area contributed by atoms with Crippen molar-refractivity contribution in [2.75, 3.05) is 19.8 Å². The van der Waals surface area contributed by atoms with Crippen LogP contribution in [0.3, 0.4) is 0 Å². The third kappa shape index (κ3) is 2.80. The van der Waals surface area contributed by atoms with E-state index in [-0.39, 0.29) is 0 Å². The number of hydrogen-bond donors (Lipinski definition) is 1. The molecule has 2 heterocycles. The van der Waals surface area contributed by atoms with E-state index in [1.807, 2.05) is 12.1 Å². The van der Waals surface area contributed by atoms with Crippen LogP contribution in [0.2, 0.25) is 0 Å². The van der Waals surface area contributed by atoms with Crippen molar-refractivity contribution in [3.8, 4) is 11.5 Å². The van der Waals surface area contributed by atoms with Gasteiger partial charge in [-0.2, -0.15) is 0 Å². The van der Waals surface area contributed by atoms with Gasteiger partial charge in [0.15, 0.2) is 11.5 Å². The Morgan fingerprint density at radius 2 is 1.74 bits per heavy atom. The van der Waals surface area contributed by atoms with Crippen LogP contribution in [0.4, 0.5) is 0 Å². The van der Waals surface area contributed by atoms with Gasteiger partial charge < -0.3 is 19.8 Å². The Hall–Kier alpha value is -3.05. The first-order valence-electron chi connectivity index (χ1n) is 9.29. The lowest BCUT2D eigenvalue weighted by Gasteiger charge is -2.18. The second-order valence-electron chi connectivity index (χ2n) is 6.78. The van der Waals surface area contributed by atoms with Crippen LogP contribution in [0.5, 0.6) is 11.5 Å². The van der Waals surface area contributed by atoms with E-state index in [4.69, 9.17) is 20.2 Å². The summed E-state index contributed by atoms with van der Waals surface area (Å²) in [5.74, 6) is 2.54. The Labute approximate surface area is 157 Å². The molecule has 2 N–H and O–H groups in total. The number of hydrogen-bond acceptors (Lipinski definition) is 4. The summed E-state index contributed by atoms with van der Waals surface area (Å²) in [7, 11) is 0. The Kier molecular flexibility index (Phi) is 3.94. The largest absolute Gasteiger partial charge is 0.486 e. The number of nitrogens with two attached hydrogens (primary N) is 1. The number of fused-ring (bicyclic) bond motifs is 3.